The number of hydrogen-bond donors (Lipinski definition) is 0. The van der Waals surface area contributed by atoms with Gasteiger partial charge < -0.3 is 4.74 Å². The van der Waals surface area contributed by atoms with Crippen molar-refractivity contribution in [1.82, 2.24) is 0 Å². The molecule has 4 aliphatic carbocycles. The standard InChI is InChI=1S/C22H38O2/c1-3-5-6-11-21-12-15-22(16-13-21,17-14-21)19-9-7-18(8-10-19)20(23)24-4-2/h18-19H,3-17H2,1-2H3/t18-,19-,21?,22?. The molecule has 2 bridgehead atoms. The summed E-state index contributed by atoms with van der Waals surface area (Å²) in [6, 6.07) is 0. The van der Waals surface area contributed by atoms with Gasteiger partial charge in [0, 0.05) is 0 Å². The monoisotopic (exact) mass is 334 g/mol. The average Bonchev–Trinajstić information content (AvgIpc) is 2.64. The number of hydrogen-bond acceptors (Lipinski definition) is 2. The molecule has 0 amide bonds. The van der Waals surface area contributed by atoms with E-state index in [9.17, 15) is 4.79 Å². The number of fused-ring (bicyclic) bond motifs is 3. The lowest BCUT2D eigenvalue weighted by atomic mass is 9.47. The first-order chi connectivity index (χ1) is 11.6. The Bertz CT molecular complexity index is 395. The summed E-state index contributed by atoms with van der Waals surface area (Å²) in [7, 11) is 0. The molecule has 138 valence electrons. The van der Waals surface area contributed by atoms with Gasteiger partial charge in [0.15, 0.2) is 0 Å². The lowest BCUT2D eigenvalue weighted by Gasteiger charge is -2.58. The smallest absolute Gasteiger partial charge is 0.308 e. The number of esters is 1. The summed E-state index contributed by atoms with van der Waals surface area (Å²) in [5.41, 5.74) is 1.37. The zero-order chi connectivity index (χ0) is 17.0. The second-order valence-corrected chi connectivity index (χ2v) is 9.12. The maximum Gasteiger partial charge on any atom is 0.308 e. The van der Waals surface area contributed by atoms with E-state index in [4.69, 9.17) is 4.74 Å². The summed E-state index contributed by atoms with van der Waals surface area (Å²) >= 11 is 0. The van der Waals surface area contributed by atoms with Crippen LogP contribution in [0.5, 0.6) is 0 Å². The molecule has 4 aliphatic rings. The Hall–Kier alpha value is -0.530. The van der Waals surface area contributed by atoms with E-state index in [0.717, 1.165) is 24.2 Å². The predicted molar refractivity (Wildman–Crippen MR) is 98.8 cm³/mol. The van der Waals surface area contributed by atoms with Crippen LogP contribution in [0, 0.1) is 22.7 Å². The third-order valence-electron chi connectivity index (χ3n) is 7.98. The summed E-state index contributed by atoms with van der Waals surface area (Å²) in [6.45, 7) is 4.76. The summed E-state index contributed by atoms with van der Waals surface area (Å²) in [6.07, 6.45) is 19.3. The fourth-order valence-corrected chi connectivity index (χ4v) is 6.23. The third-order valence-corrected chi connectivity index (χ3v) is 7.98. The summed E-state index contributed by atoms with van der Waals surface area (Å²) < 4.78 is 5.24. The van der Waals surface area contributed by atoms with Crippen molar-refractivity contribution in [1.29, 1.82) is 0 Å². The lowest BCUT2D eigenvalue weighted by molar-refractivity contribution is -0.150. The van der Waals surface area contributed by atoms with Crippen molar-refractivity contribution in [3.63, 3.8) is 0 Å². The van der Waals surface area contributed by atoms with Crippen molar-refractivity contribution in [2.45, 2.75) is 104 Å². The van der Waals surface area contributed by atoms with Crippen molar-refractivity contribution in [3.8, 4) is 0 Å². The first-order valence-electron chi connectivity index (χ1n) is 10.8. The van der Waals surface area contributed by atoms with Crippen LogP contribution in [0.2, 0.25) is 0 Å². The number of ether oxygens (including phenoxy) is 1. The highest BCUT2D eigenvalue weighted by atomic mass is 16.5. The Morgan fingerprint density at radius 2 is 1.54 bits per heavy atom. The average molecular weight is 335 g/mol. The highest BCUT2D eigenvalue weighted by molar-refractivity contribution is 5.72. The van der Waals surface area contributed by atoms with Crippen LogP contribution in [0.4, 0.5) is 0 Å². The number of carbonyl (C=O) groups is 1. The van der Waals surface area contributed by atoms with Crippen LogP contribution >= 0.6 is 0 Å². The first kappa shape index (κ1) is 18.3. The Morgan fingerprint density at radius 3 is 2.08 bits per heavy atom. The molecule has 0 N–H and O–H groups in total. The molecule has 0 aromatic rings. The zero-order valence-corrected chi connectivity index (χ0v) is 16.1. The molecule has 2 heteroatoms. The molecule has 2 nitrogen and oxygen atoms in total. The van der Waals surface area contributed by atoms with Gasteiger partial charge >= 0.3 is 5.97 Å². The van der Waals surface area contributed by atoms with Crippen LogP contribution in [-0.2, 0) is 9.53 Å². The molecular weight excluding hydrogens is 296 g/mol. The lowest BCUT2D eigenvalue weighted by Crippen LogP contribution is -2.46. The minimum Gasteiger partial charge on any atom is -0.466 e. The van der Waals surface area contributed by atoms with Gasteiger partial charge in [0.25, 0.3) is 0 Å². The molecule has 0 aromatic carbocycles. The summed E-state index contributed by atoms with van der Waals surface area (Å²) in [4.78, 5) is 12.0. The van der Waals surface area contributed by atoms with Gasteiger partial charge in [-0.2, -0.15) is 0 Å². The first-order valence-corrected chi connectivity index (χ1v) is 10.8. The van der Waals surface area contributed by atoms with E-state index in [2.05, 4.69) is 6.92 Å². The molecule has 0 spiro atoms. The van der Waals surface area contributed by atoms with Crippen molar-refractivity contribution in [3.05, 3.63) is 0 Å². The van der Waals surface area contributed by atoms with Gasteiger partial charge in [-0.25, -0.2) is 0 Å². The molecule has 0 aliphatic heterocycles. The van der Waals surface area contributed by atoms with Crippen molar-refractivity contribution in [2.24, 2.45) is 22.7 Å². The number of unbranched alkanes of at least 4 members (excludes halogenated alkanes) is 2. The van der Waals surface area contributed by atoms with E-state index in [-0.39, 0.29) is 11.9 Å². The molecule has 0 aromatic heterocycles. The van der Waals surface area contributed by atoms with E-state index >= 15 is 0 Å². The molecular formula is C22H38O2. The van der Waals surface area contributed by atoms with Gasteiger partial charge in [-0.05, 0) is 94.3 Å². The van der Waals surface area contributed by atoms with Gasteiger partial charge in [0.05, 0.1) is 12.5 Å². The maximum absolute atomic E-state index is 12.0. The number of rotatable bonds is 7. The molecule has 4 fully saturated rings. The predicted octanol–water partition coefficient (Wildman–Crippen LogP) is 6.28. The molecule has 0 radical (unpaired) electrons. The summed E-state index contributed by atoms with van der Waals surface area (Å²) in [5, 5.41) is 0. The Morgan fingerprint density at radius 1 is 0.917 bits per heavy atom. The SMILES string of the molecule is CCCCCC12CCC([C@H]3CC[C@H](C(=O)OCC)CC3)(CC1)CC2. The topological polar surface area (TPSA) is 26.3 Å². The quantitative estimate of drug-likeness (QED) is 0.405. The molecule has 0 heterocycles. The molecule has 0 atom stereocenters. The normalized spacial score (nSPS) is 38.9. The molecule has 0 saturated heterocycles. The molecule has 0 unspecified atom stereocenters. The third kappa shape index (κ3) is 3.68. The second-order valence-electron chi connectivity index (χ2n) is 9.12. The second kappa shape index (κ2) is 7.79. The molecule has 4 rings (SSSR count). The molecule has 24 heavy (non-hydrogen) atoms. The Labute approximate surface area is 149 Å². The van der Waals surface area contributed by atoms with E-state index in [1.807, 2.05) is 6.92 Å². The van der Waals surface area contributed by atoms with Crippen molar-refractivity contribution >= 4 is 5.97 Å². The zero-order valence-electron chi connectivity index (χ0n) is 16.1. The minimum absolute atomic E-state index is 0.0654. The fraction of sp³-hybridized carbons (Fsp3) is 0.955. The van der Waals surface area contributed by atoms with Crippen molar-refractivity contribution < 1.29 is 9.53 Å². The minimum atomic E-state index is 0.0654. The van der Waals surface area contributed by atoms with Crippen LogP contribution < -0.4 is 0 Å². The van der Waals surface area contributed by atoms with Gasteiger partial charge in [-0.3, -0.25) is 4.79 Å². The van der Waals surface area contributed by atoms with Gasteiger partial charge in [0.2, 0.25) is 0 Å². The van der Waals surface area contributed by atoms with Crippen LogP contribution in [-0.4, -0.2) is 12.6 Å². The van der Waals surface area contributed by atoms with Crippen molar-refractivity contribution in [2.75, 3.05) is 6.61 Å². The van der Waals surface area contributed by atoms with Gasteiger partial charge in [0.1, 0.15) is 0 Å². The van der Waals surface area contributed by atoms with Crippen LogP contribution in [0.3, 0.4) is 0 Å². The highest BCUT2D eigenvalue weighted by Gasteiger charge is 2.51. The van der Waals surface area contributed by atoms with E-state index in [0.29, 0.717) is 12.0 Å². The van der Waals surface area contributed by atoms with E-state index in [1.165, 1.54) is 77.0 Å². The van der Waals surface area contributed by atoms with E-state index < -0.39 is 0 Å². The van der Waals surface area contributed by atoms with Crippen LogP contribution in [0.15, 0.2) is 0 Å². The van der Waals surface area contributed by atoms with Crippen LogP contribution in [0.25, 0.3) is 0 Å². The largest absolute Gasteiger partial charge is 0.466 e. The Balaban J connectivity index is 1.50. The number of carbonyl (C=O) groups excluding carboxylic acids is 1. The molecule has 4 saturated carbocycles. The Kier molecular flexibility index (Phi) is 5.93. The van der Waals surface area contributed by atoms with E-state index in [1.54, 1.807) is 0 Å². The summed E-state index contributed by atoms with van der Waals surface area (Å²) in [5.74, 6) is 1.14. The highest BCUT2D eigenvalue weighted by Crippen LogP contribution is 2.63. The maximum atomic E-state index is 12.0. The van der Waals surface area contributed by atoms with Crippen LogP contribution in [0.1, 0.15) is 104 Å². The van der Waals surface area contributed by atoms with Gasteiger partial charge in [-0.1, -0.05) is 26.2 Å². The fourth-order valence-electron chi connectivity index (χ4n) is 6.23. The van der Waals surface area contributed by atoms with Gasteiger partial charge in [-0.15, -0.1) is 0 Å².